The van der Waals surface area contributed by atoms with Crippen LogP contribution in [0, 0.1) is 20.8 Å². The fourth-order valence-corrected chi connectivity index (χ4v) is 2.34. The van der Waals surface area contributed by atoms with Gasteiger partial charge in [0.2, 0.25) is 0 Å². The van der Waals surface area contributed by atoms with Gasteiger partial charge in [-0.3, -0.25) is 4.79 Å². The summed E-state index contributed by atoms with van der Waals surface area (Å²) in [5, 5.41) is 0. The van der Waals surface area contributed by atoms with Crippen molar-refractivity contribution in [3.05, 3.63) is 64.2 Å². The second-order valence-electron chi connectivity index (χ2n) is 4.78. The van der Waals surface area contributed by atoms with E-state index in [9.17, 15) is 4.79 Å². The van der Waals surface area contributed by atoms with Crippen LogP contribution in [0.2, 0.25) is 0 Å². The van der Waals surface area contributed by atoms with Crippen LogP contribution in [0.3, 0.4) is 0 Å². The first-order valence-electron chi connectivity index (χ1n) is 6.30. The predicted octanol–water partition coefficient (Wildman–Crippen LogP) is 3.85. The van der Waals surface area contributed by atoms with Crippen LogP contribution >= 0.6 is 0 Å². The molecule has 19 heavy (non-hydrogen) atoms. The van der Waals surface area contributed by atoms with Gasteiger partial charge in [0, 0.05) is 11.1 Å². The third kappa shape index (κ3) is 2.53. The van der Waals surface area contributed by atoms with E-state index in [2.05, 4.69) is 0 Å². The fraction of sp³-hybridized carbons (Fsp3) is 0.235. The molecule has 0 spiro atoms. The average molecular weight is 254 g/mol. The number of hydrogen-bond donors (Lipinski definition) is 0. The van der Waals surface area contributed by atoms with Gasteiger partial charge in [-0.05, 0) is 55.7 Å². The molecule has 0 saturated heterocycles. The van der Waals surface area contributed by atoms with Crippen LogP contribution in [0.4, 0.5) is 0 Å². The van der Waals surface area contributed by atoms with E-state index in [-0.39, 0.29) is 5.78 Å². The zero-order chi connectivity index (χ0) is 14.0. The molecule has 0 aliphatic rings. The smallest absolute Gasteiger partial charge is 0.193 e. The third-order valence-corrected chi connectivity index (χ3v) is 3.37. The van der Waals surface area contributed by atoms with E-state index in [1.54, 1.807) is 7.11 Å². The predicted molar refractivity (Wildman–Crippen MR) is 77.1 cm³/mol. The van der Waals surface area contributed by atoms with Crippen molar-refractivity contribution in [3.8, 4) is 5.75 Å². The Labute approximate surface area is 114 Å². The van der Waals surface area contributed by atoms with Crippen LogP contribution < -0.4 is 4.74 Å². The van der Waals surface area contributed by atoms with E-state index in [4.69, 9.17) is 4.74 Å². The van der Waals surface area contributed by atoms with Gasteiger partial charge in [-0.1, -0.05) is 18.2 Å². The lowest BCUT2D eigenvalue weighted by Gasteiger charge is -2.10. The summed E-state index contributed by atoms with van der Waals surface area (Å²) in [6.45, 7) is 5.88. The number of hydrogen-bond acceptors (Lipinski definition) is 2. The van der Waals surface area contributed by atoms with E-state index in [1.807, 2.05) is 57.2 Å². The monoisotopic (exact) mass is 254 g/mol. The van der Waals surface area contributed by atoms with Crippen LogP contribution in [0.15, 0.2) is 36.4 Å². The molecule has 2 nitrogen and oxygen atoms in total. The van der Waals surface area contributed by atoms with Crippen LogP contribution in [-0.4, -0.2) is 12.9 Å². The number of benzene rings is 2. The first-order valence-corrected chi connectivity index (χ1v) is 6.30. The minimum Gasteiger partial charge on any atom is -0.496 e. The summed E-state index contributed by atoms with van der Waals surface area (Å²) >= 11 is 0. The standard InChI is InChI=1S/C17H18O2/c1-11-6-5-7-12(2)16(11)17(18)14-8-9-15(19-4)13(3)10-14/h5-10H,1-4H3. The van der Waals surface area contributed by atoms with Crippen molar-refractivity contribution in [1.29, 1.82) is 0 Å². The largest absolute Gasteiger partial charge is 0.496 e. The molecule has 0 radical (unpaired) electrons. The summed E-state index contributed by atoms with van der Waals surface area (Å²) in [5.41, 5.74) is 4.50. The molecule has 0 fully saturated rings. The molecule has 98 valence electrons. The van der Waals surface area contributed by atoms with E-state index in [0.717, 1.165) is 28.0 Å². The Balaban J connectivity index is 2.48. The van der Waals surface area contributed by atoms with E-state index in [1.165, 1.54) is 0 Å². The van der Waals surface area contributed by atoms with E-state index in [0.29, 0.717) is 5.56 Å². The van der Waals surface area contributed by atoms with Gasteiger partial charge in [0.15, 0.2) is 5.78 Å². The summed E-state index contributed by atoms with van der Waals surface area (Å²) in [4.78, 5) is 12.6. The maximum absolute atomic E-state index is 12.6. The number of ether oxygens (including phenoxy) is 1. The lowest BCUT2D eigenvalue weighted by Crippen LogP contribution is -2.06. The van der Waals surface area contributed by atoms with Crippen molar-refractivity contribution >= 4 is 5.78 Å². The Morgan fingerprint density at radius 3 is 2.11 bits per heavy atom. The van der Waals surface area contributed by atoms with Gasteiger partial charge in [0.1, 0.15) is 5.75 Å². The van der Waals surface area contributed by atoms with Gasteiger partial charge in [0.05, 0.1) is 7.11 Å². The molecule has 0 aromatic heterocycles. The fourth-order valence-electron chi connectivity index (χ4n) is 2.34. The lowest BCUT2D eigenvalue weighted by molar-refractivity contribution is 0.103. The second kappa shape index (κ2) is 5.27. The molecule has 0 atom stereocenters. The summed E-state index contributed by atoms with van der Waals surface area (Å²) < 4.78 is 5.22. The minimum atomic E-state index is 0.0707. The van der Waals surface area contributed by atoms with Crippen molar-refractivity contribution in [3.63, 3.8) is 0 Å². The first kappa shape index (κ1) is 13.3. The highest BCUT2D eigenvalue weighted by Crippen LogP contribution is 2.23. The van der Waals surface area contributed by atoms with Crippen molar-refractivity contribution in [2.45, 2.75) is 20.8 Å². The molecule has 0 unspecified atom stereocenters. The number of carbonyl (C=O) groups excluding carboxylic acids is 1. The van der Waals surface area contributed by atoms with Gasteiger partial charge < -0.3 is 4.74 Å². The second-order valence-corrected chi connectivity index (χ2v) is 4.78. The maximum atomic E-state index is 12.6. The highest BCUT2D eigenvalue weighted by Gasteiger charge is 2.15. The molecule has 0 amide bonds. The molecular weight excluding hydrogens is 236 g/mol. The molecule has 0 aliphatic carbocycles. The van der Waals surface area contributed by atoms with Crippen LogP contribution in [0.5, 0.6) is 5.75 Å². The van der Waals surface area contributed by atoms with Crippen LogP contribution in [0.25, 0.3) is 0 Å². The number of rotatable bonds is 3. The van der Waals surface area contributed by atoms with Gasteiger partial charge in [-0.25, -0.2) is 0 Å². The van der Waals surface area contributed by atoms with Crippen LogP contribution in [-0.2, 0) is 0 Å². The molecule has 2 aromatic carbocycles. The average Bonchev–Trinajstić information content (AvgIpc) is 2.38. The molecular formula is C17H18O2. The zero-order valence-corrected chi connectivity index (χ0v) is 11.8. The zero-order valence-electron chi connectivity index (χ0n) is 11.8. The number of methoxy groups -OCH3 is 1. The van der Waals surface area contributed by atoms with Crippen molar-refractivity contribution in [2.24, 2.45) is 0 Å². The van der Waals surface area contributed by atoms with Crippen molar-refractivity contribution in [1.82, 2.24) is 0 Å². The highest BCUT2D eigenvalue weighted by atomic mass is 16.5. The Hall–Kier alpha value is -2.09. The van der Waals surface area contributed by atoms with Gasteiger partial charge in [-0.2, -0.15) is 0 Å². The molecule has 0 saturated carbocycles. The first-order chi connectivity index (χ1) is 9.04. The maximum Gasteiger partial charge on any atom is 0.193 e. The molecule has 0 N–H and O–H groups in total. The number of ketones is 1. The molecule has 2 heteroatoms. The quantitative estimate of drug-likeness (QED) is 0.778. The highest BCUT2D eigenvalue weighted by molar-refractivity contribution is 6.11. The Bertz CT molecular complexity index is 607. The molecule has 2 aromatic rings. The molecule has 0 aliphatic heterocycles. The van der Waals surface area contributed by atoms with Crippen molar-refractivity contribution in [2.75, 3.05) is 7.11 Å². The van der Waals surface area contributed by atoms with Gasteiger partial charge >= 0.3 is 0 Å². The SMILES string of the molecule is COc1ccc(C(=O)c2c(C)cccc2C)cc1C. The minimum absolute atomic E-state index is 0.0707. The Kier molecular flexibility index (Phi) is 3.70. The lowest BCUT2D eigenvalue weighted by atomic mass is 9.94. The third-order valence-electron chi connectivity index (χ3n) is 3.37. The van der Waals surface area contributed by atoms with Gasteiger partial charge in [0.25, 0.3) is 0 Å². The Morgan fingerprint density at radius 2 is 1.58 bits per heavy atom. The van der Waals surface area contributed by atoms with Crippen molar-refractivity contribution < 1.29 is 9.53 Å². The normalized spacial score (nSPS) is 10.3. The van der Waals surface area contributed by atoms with E-state index >= 15 is 0 Å². The summed E-state index contributed by atoms with van der Waals surface area (Å²) in [6.07, 6.45) is 0. The summed E-state index contributed by atoms with van der Waals surface area (Å²) in [7, 11) is 1.63. The topological polar surface area (TPSA) is 26.3 Å². The summed E-state index contributed by atoms with van der Waals surface area (Å²) in [6, 6.07) is 11.5. The number of aryl methyl sites for hydroxylation is 3. The molecule has 2 rings (SSSR count). The van der Waals surface area contributed by atoms with Gasteiger partial charge in [-0.15, -0.1) is 0 Å². The Morgan fingerprint density at radius 1 is 0.947 bits per heavy atom. The van der Waals surface area contributed by atoms with E-state index < -0.39 is 0 Å². The molecule has 0 bridgehead atoms. The molecule has 0 heterocycles. The summed E-state index contributed by atoms with van der Waals surface area (Å²) in [5.74, 6) is 0.874. The number of carbonyl (C=O) groups is 1. The van der Waals surface area contributed by atoms with Crippen LogP contribution in [0.1, 0.15) is 32.6 Å².